The first-order valence-corrected chi connectivity index (χ1v) is 10.2. The first-order chi connectivity index (χ1) is 14.1. The summed E-state index contributed by atoms with van der Waals surface area (Å²) in [6, 6.07) is 5.57. The van der Waals surface area contributed by atoms with Crippen molar-refractivity contribution in [2.75, 3.05) is 38.2 Å². The summed E-state index contributed by atoms with van der Waals surface area (Å²) < 4.78 is 18.5. The van der Waals surface area contributed by atoms with E-state index in [9.17, 15) is 9.18 Å². The maximum Gasteiger partial charge on any atom is 0.224 e. The highest BCUT2D eigenvalue weighted by Crippen LogP contribution is 2.35. The van der Waals surface area contributed by atoms with Crippen LogP contribution < -0.4 is 10.1 Å². The van der Waals surface area contributed by atoms with Gasteiger partial charge < -0.3 is 10.1 Å². The molecule has 1 aliphatic heterocycles. The van der Waals surface area contributed by atoms with Crippen LogP contribution in [0.3, 0.4) is 0 Å². The predicted molar refractivity (Wildman–Crippen MR) is 112 cm³/mol. The molecule has 0 atom stereocenters. The number of carbonyl (C=O) groups excluding carboxylic acids is 1. The molecule has 1 N–H and O–H groups in total. The number of likely N-dealkylation sites (tertiary alicyclic amines) is 1. The Hall–Kier alpha value is -2.54. The molecule has 0 unspecified atom stereocenters. The van der Waals surface area contributed by atoms with Crippen LogP contribution in [0.4, 0.5) is 10.1 Å². The molecule has 29 heavy (non-hydrogen) atoms. The third kappa shape index (κ3) is 5.73. The monoisotopic (exact) mass is 400 g/mol. The van der Waals surface area contributed by atoms with Crippen molar-refractivity contribution in [3.8, 4) is 16.9 Å². The molecule has 2 aromatic rings. The van der Waals surface area contributed by atoms with E-state index in [0.29, 0.717) is 12.3 Å². The fraction of sp³-hybridized carbons (Fsp3) is 0.500. The standard InChI is InChI=1S/C22H29FN4O2/c1-16-22(17(2)25-15-24-16)19-14-18(26-21(28)6-5-9-23)7-8-20(19)29-13-12-27-10-3-4-11-27/h7-8,14-15H,3-6,9-13H2,1-2H3,(H,26,28). The summed E-state index contributed by atoms with van der Waals surface area (Å²) in [4.78, 5) is 23.1. The SMILES string of the molecule is Cc1ncnc(C)c1-c1cc(NC(=O)CCCF)ccc1OCCN1CCCC1. The topological polar surface area (TPSA) is 67.3 Å². The first kappa shape index (κ1) is 21.2. The fourth-order valence-electron chi connectivity index (χ4n) is 3.65. The minimum Gasteiger partial charge on any atom is -0.492 e. The minimum absolute atomic E-state index is 0.159. The number of alkyl halides is 1. The van der Waals surface area contributed by atoms with Gasteiger partial charge in [-0.2, -0.15) is 0 Å². The lowest BCUT2D eigenvalue weighted by atomic mass is 10.0. The highest BCUT2D eigenvalue weighted by Gasteiger charge is 2.16. The van der Waals surface area contributed by atoms with Crippen LogP contribution in [0.1, 0.15) is 37.1 Å². The Bertz CT molecular complexity index is 817. The number of amides is 1. The molecule has 1 aromatic carbocycles. The Kier molecular flexibility index (Phi) is 7.52. The summed E-state index contributed by atoms with van der Waals surface area (Å²) in [5.74, 6) is 0.543. The summed E-state index contributed by atoms with van der Waals surface area (Å²) >= 11 is 0. The van der Waals surface area contributed by atoms with Crippen molar-refractivity contribution >= 4 is 11.6 Å². The molecule has 0 spiro atoms. The van der Waals surface area contributed by atoms with Crippen LogP contribution in [-0.4, -0.2) is 53.7 Å². The number of ether oxygens (including phenoxy) is 1. The molecule has 7 heteroatoms. The largest absolute Gasteiger partial charge is 0.492 e. The summed E-state index contributed by atoms with van der Waals surface area (Å²) in [5.41, 5.74) is 4.11. The van der Waals surface area contributed by atoms with Crippen LogP contribution in [0.5, 0.6) is 5.75 Å². The normalized spacial score (nSPS) is 14.2. The van der Waals surface area contributed by atoms with Gasteiger partial charge >= 0.3 is 0 Å². The van der Waals surface area contributed by atoms with Gasteiger partial charge in [0.15, 0.2) is 0 Å². The molecule has 6 nitrogen and oxygen atoms in total. The van der Waals surface area contributed by atoms with Gasteiger partial charge in [0.1, 0.15) is 18.7 Å². The second kappa shape index (κ2) is 10.3. The number of hydrogen-bond acceptors (Lipinski definition) is 5. The number of aromatic nitrogens is 2. The molecule has 0 bridgehead atoms. The van der Waals surface area contributed by atoms with Crippen molar-refractivity contribution in [1.29, 1.82) is 0 Å². The summed E-state index contributed by atoms with van der Waals surface area (Å²) in [6.07, 6.45) is 4.43. The van der Waals surface area contributed by atoms with E-state index in [-0.39, 0.29) is 18.7 Å². The van der Waals surface area contributed by atoms with E-state index < -0.39 is 6.67 Å². The molecule has 0 saturated carbocycles. The van der Waals surface area contributed by atoms with Gasteiger partial charge in [0, 0.05) is 41.2 Å². The van der Waals surface area contributed by atoms with Gasteiger partial charge in [0.05, 0.1) is 6.67 Å². The Morgan fingerprint density at radius 1 is 1.21 bits per heavy atom. The highest BCUT2D eigenvalue weighted by atomic mass is 19.1. The van der Waals surface area contributed by atoms with E-state index in [4.69, 9.17) is 4.74 Å². The van der Waals surface area contributed by atoms with Crippen LogP contribution in [0.15, 0.2) is 24.5 Å². The molecular weight excluding hydrogens is 371 g/mol. The second-order valence-electron chi connectivity index (χ2n) is 7.37. The van der Waals surface area contributed by atoms with Gasteiger partial charge in [-0.05, 0) is 64.4 Å². The molecule has 2 heterocycles. The molecule has 1 amide bonds. The van der Waals surface area contributed by atoms with Gasteiger partial charge in [0.25, 0.3) is 0 Å². The van der Waals surface area contributed by atoms with E-state index in [0.717, 1.165) is 47.9 Å². The fourth-order valence-corrected chi connectivity index (χ4v) is 3.65. The van der Waals surface area contributed by atoms with Crippen LogP contribution in [0.2, 0.25) is 0 Å². The van der Waals surface area contributed by atoms with E-state index in [2.05, 4.69) is 20.2 Å². The number of hydrogen-bond donors (Lipinski definition) is 1. The Morgan fingerprint density at radius 3 is 2.62 bits per heavy atom. The average molecular weight is 400 g/mol. The molecule has 0 aliphatic carbocycles. The van der Waals surface area contributed by atoms with Crippen LogP contribution in [0.25, 0.3) is 11.1 Å². The Labute approximate surface area is 171 Å². The van der Waals surface area contributed by atoms with Crippen molar-refractivity contribution in [3.05, 3.63) is 35.9 Å². The number of nitrogens with one attached hydrogen (secondary N) is 1. The number of nitrogens with zero attached hydrogens (tertiary/aromatic N) is 3. The number of carbonyl (C=O) groups is 1. The lowest BCUT2D eigenvalue weighted by Gasteiger charge is -2.18. The van der Waals surface area contributed by atoms with E-state index in [1.807, 2.05) is 32.0 Å². The molecule has 156 valence electrons. The van der Waals surface area contributed by atoms with Gasteiger partial charge in [-0.25, -0.2) is 9.97 Å². The maximum atomic E-state index is 12.3. The number of halogens is 1. The summed E-state index contributed by atoms with van der Waals surface area (Å²) in [5, 5.41) is 2.84. The number of benzene rings is 1. The predicted octanol–water partition coefficient (Wildman–Crippen LogP) is 3.92. The third-order valence-electron chi connectivity index (χ3n) is 5.16. The molecule has 0 radical (unpaired) electrons. The van der Waals surface area contributed by atoms with Crippen molar-refractivity contribution in [2.45, 2.75) is 39.5 Å². The Balaban J connectivity index is 1.83. The number of rotatable bonds is 9. The average Bonchev–Trinajstić information content (AvgIpc) is 3.21. The number of aryl methyl sites for hydroxylation is 2. The van der Waals surface area contributed by atoms with Crippen molar-refractivity contribution in [2.24, 2.45) is 0 Å². The Morgan fingerprint density at radius 2 is 1.93 bits per heavy atom. The quantitative estimate of drug-likeness (QED) is 0.691. The maximum absolute atomic E-state index is 12.3. The van der Waals surface area contributed by atoms with Crippen LogP contribution in [0, 0.1) is 13.8 Å². The van der Waals surface area contributed by atoms with Crippen molar-refractivity contribution < 1.29 is 13.9 Å². The zero-order valence-corrected chi connectivity index (χ0v) is 17.2. The molecule has 1 saturated heterocycles. The van der Waals surface area contributed by atoms with Crippen LogP contribution in [-0.2, 0) is 4.79 Å². The molecule has 3 rings (SSSR count). The second-order valence-corrected chi connectivity index (χ2v) is 7.37. The van der Waals surface area contributed by atoms with E-state index in [1.165, 1.54) is 12.8 Å². The van der Waals surface area contributed by atoms with Crippen molar-refractivity contribution in [1.82, 2.24) is 14.9 Å². The number of anilines is 1. The zero-order valence-electron chi connectivity index (χ0n) is 17.2. The van der Waals surface area contributed by atoms with Gasteiger partial charge in [-0.3, -0.25) is 14.1 Å². The molecule has 1 aliphatic rings. The van der Waals surface area contributed by atoms with Crippen LogP contribution >= 0.6 is 0 Å². The minimum atomic E-state index is -0.498. The highest BCUT2D eigenvalue weighted by molar-refractivity contribution is 5.92. The van der Waals surface area contributed by atoms with Crippen molar-refractivity contribution in [3.63, 3.8) is 0 Å². The lowest BCUT2D eigenvalue weighted by Crippen LogP contribution is -2.25. The van der Waals surface area contributed by atoms with Gasteiger partial charge in [-0.15, -0.1) is 0 Å². The lowest BCUT2D eigenvalue weighted by molar-refractivity contribution is -0.116. The first-order valence-electron chi connectivity index (χ1n) is 10.2. The van der Waals surface area contributed by atoms with E-state index >= 15 is 0 Å². The summed E-state index contributed by atoms with van der Waals surface area (Å²) in [7, 11) is 0. The van der Waals surface area contributed by atoms with Gasteiger partial charge in [-0.1, -0.05) is 0 Å². The summed E-state index contributed by atoms with van der Waals surface area (Å²) in [6.45, 7) is 7.12. The third-order valence-corrected chi connectivity index (χ3v) is 5.16. The molecular formula is C22H29FN4O2. The van der Waals surface area contributed by atoms with Gasteiger partial charge in [0.2, 0.25) is 5.91 Å². The molecule has 1 aromatic heterocycles. The molecule has 1 fully saturated rings. The van der Waals surface area contributed by atoms with E-state index in [1.54, 1.807) is 6.33 Å². The smallest absolute Gasteiger partial charge is 0.224 e. The zero-order chi connectivity index (χ0) is 20.6.